The zero-order valence-electron chi connectivity index (χ0n) is 11.3. The molecule has 1 heterocycles. The van der Waals surface area contributed by atoms with E-state index in [0.717, 1.165) is 23.1 Å². The molecular formula is C14H20BrN3O. The minimum atomic E-state index is -0.106. The Labute approximate surface area is 122 Å². The summed E-state index contributed by atoms with van der Waals surface area (Å²) < 4.78 is 1.04. The summed E-state index contributed by atoms with van der Waals surface area (Å²) in [4.78, 5) is 14.3. The predicted molar refractivity (Wildman–Crippen MR) is 81.4 cm³/mol. The molecule has 1 aliphatic rings. The molecule has 5 heteroatoms. The summed E-state index contributed by atoms with van der Waals surface area (Å²) in [5.41, 5.74) is 1.10. The van der Waals surface area contributed by atoms with Crippen molar-refractivity contribution in [3.8, 4) is 0 Å². The van der Waals surface area contributed by atoms with Crippen molar-refractivity contribution in [1.82, 2.24) is 10.6 Å². The van der Waals surface area contributed by atoms with Crippen LogP contribution in [0.15, 0.2) is 28.7 Å². The summed E-state index contributed by atoms with van der Waals surface area (Å²) in [7, 11) is 1.91. The first kappa shape index (κ1) is 14.3. The van der Waals surface area contributed by atoms with Gasteiger partial charge in [0.25, 0.3) is 0 Å². The molecule has 0 spiro atoms. The smallest absolute Gasteiger partial charge is 0.242 e. The van der Waals surface area contributed by atoms with Gasteiger partial charge >= 0.3 is 0 Å². The maximum absolute atomic E-state index is 12.1. The number of hydrogen-bond donors (Lipinski definition) is 2. The minimum absolute atomic E-state index is 0.106. The first-order valence-electron chi connectivity index (χ1n) is 6.59. The van der Waals surface area contributed by atoms with E-state index in [9.17, 15) is 4.79 Å². The van der Waals surface area contributed by atoms with Crippen molar-refractivity contribution < 1.29 is 4.79 Å². The molecule has 104 valence electrons. The van der Waals surface area contributed by atoms with Gasteiger partial charge in [0.2, 0.25) is 5.91 Å². The van der Waals surface area contributed by atoms with Gasteiger partial charge in [0.1, 0.15) is 6.04 Å². The molecule has 1 fully saturated rings. The van der Waals surface area contributed by atoms with Crippen molar-refractivity contribution in [1.29, 1.82) is 0 Å². The molecule has 4 nitrogen and oxygen atoms in total. The van der Waals surface area contributed by atoms with Crippen LogP contribution >= 0.6 is 15.9 Å². The fourth-order valence-corrected chi connectivity index (χ4v) is 2.91. The number of piperazine rings is 1. The number of nitrogens with one attached hydrogen (secondary N) is 2. The van der Waals surface area contributed by atoms with Gasteiger partial charge in [-0.3, -0.25) is 4.79 Å². The van der Waals surface area contributed by atoms with E-state index in [0.29, 0.717) is 12.6 Å². The molecule has 2 unspecified atom stereocenters. The Morgan fingerprint density at radius 3 is 3.00 bits per heavy atom. The molecule has 2 N–H and O–H groups in total. The Hall–Kier alpha value is -1.07. The molecule has 2 rings (SSSR count). The van der Waals surface area contributed by atoms with Gasteiger partial charge in [0, 0.05) is 22.7 Å². The molecule has 0 aliphatic carbocycles. The lowest BCUT2D eigenvalue weighted by Gasteiger charge is -2.42. The zero-order chi connectivity index (χ0) is 13.8. The fourth-order valence-electron chi connectivity index (χ4n) is 2.52. The Balaban J connectivity index is 2.28. The molecule has 1 aromatic carbocycles. The molecular weight excluding hydrogens is 306 g/mol. The molecule has 0 saturated carbocycles. The van der Waals surface area contributed by atoms with Crippen LogP contribution in [0.3, 0.4) is 0 Å². The van der Waals surface area contributed by atoms with Crippen LogP contribution < -0.4 is 15.5 Å². The van der Waals surface area contributed by atoms with Crippen LogP contribution in [-0.2, 0) is 4.79 Å². The number of halogens is 1. The number of benzene rings is 1. The van der Waals surface area contributed by atoms with Crippen molar-refractivity contribution in [3.05, 3.63) is 28.7 Å². The van der Waals surface area contributed by atoms with Gasteiger partial charge in [-0.05, 0) is 45.1 Å². The highest BCUT2D eigenvalue weighted by molar-refractivity contribution is 9.10. The lowest BCUT2D eigenvalue weighted by Crippen LogP contribution is -2.60. The van der Waals surface area contributed by atoms with Crippen LogP contribution in [0.5, 0.6) is 0 Å². The van der Waals surface area contributed by atoms with Gasteiger partial charge in [-0.2, -0.15) is 0 Å². The Bertz CT molecular complexity index is 452. The standard InChI is InChI=1S/C14H20BrN3O/c1-10-9-17-14(19)13(6-7-16-2)18(10)12-5-3-4-11(15)8-12/h3-5,8,10,13,16H,6-7,9H2,1-2H3,(H,17,19). The minimum Gasteiger partial charge on any atom is -0.355 e. The van der Waals surface area contributed by atoms with Crippen LogP contribution in [0.4, 0.5) is 5.69 Å². The lowest BCUT2D eigenvalue weighted by atomic mass is 10.0. The maximum atomic E-state index is 12.1. The summed E-state index contributed by atoms with van der Waals surface area (Å²) in [5, 5.41) is 6.10. The van der Waals surface area contributed by atoms with E-state index < -0.39 is 0 Å². The average molecular weight is 326 g/mol. The van der Waals surface area contributed by atoms with Gasteiger partial charge in [-0.25, -0.2) is 0 Å². The highest BCUT2D eigenvalue weighted by Gasteiger charge is 2.33. The molecule has 1 aliphatic heterocycles. The molecule has 19 heavy (non-hydrogen) atoms. The molecule has 1 amide bonds. The summed E-state index contributed by atoms with van der Waals surface area (Å²) in [5.74, 6) is 0.119. The second-order valence-electron chi connectivity index (χ2n) is 4.89. The van der Waals surface area contributed by atoms with E-state index in [2.05, 4.69) is 50.5 Å². The quantitative estimate of drug-likeness (QED) is 0.886. The predicted octanol–water partition coefficient (Wildman–Crippen LogP) is 1.75. The van der Waals surface area contributed by atoms with E-state index in [4.69, 9.17) is 0 Å². The Morgan fingerprint density at radius 1 is 1.53 bits per heavy atom. The molecule has 1 saturated heterocycles. The third kappa shape index (κ3) is 3.28. The van der Waals surface area contributed by atoms with E-state index in [-0.39, 0.29) is 11.9 Å². The van der Waals surface area contributed by atoms with Crippen molar-refractivity contribution in [2.24, 2.45) is 0 Å². The summed E-state index contributed by atoms with van der Waals surface area (Å²) in [6, 6.07) is 8.33. The zero-order valence-corrected chi connectivity index (χ0v) is 12.9. The largest absolute Gasteiger partial charge is 0.355 e. The van der Waals surface area contributed by atoms with Crippen molar-refractivity contribution in [2.75, 3.05) is 25.0 Å². The van der Waals surface area contributed by atoms with Gasteiger partial charge in [-0.15, -0.1) is 0 Å². The SMILES string of the molecule is CNCCC1C(=O)NCC(C)N1c1cccc(Br)c1. The maximum Gasteiger partial charge on any atom is 0.242 e. The topological polar surface area (TPSA) is 44.4 Å². The van der Waals surface area contributed by atoms with E-state index in [1.807, 2.05) is 19.2 Å². The first-order valence-corrected chi connectivity index (χ1v) is 7.39. The number of rotatable bonds is 4. The summed E-state index contributed by atoms with van der Waals surface area (Å²) >= 11 is 3.50. The van der Waals surface area contributed by atoms with Crippen LogP contribution in [0, 0.1) is 0 Å². The normalized spacial score (nSPS) is 23.3. The third-order valence-electron chi connectivity index (χ3n) is 3.46. The van der Waals surface area contributed by atoms with Crippen LogP contribution in [0.25, 0.3) is 0 Å². The van der Waals surface area contributed by atoms with Gasteiger partial charge in [0.15, 0.2) is 0 Å². The van der Waals surface area contributed by atoms with Crippen molar-refractivity contribution >= 4 is 27.5 Å². The van der Waals surface area contributed by atoms with Gasteiger partial charge < -0.3 is 15.5 Å². The number of hydrogen-bond acceptors (Lipinski definition) is 3. The second-order valence-corrected chi connectivity index (χ2v) is 5.81. The number of carbonyl (C=O) groups is 1. The Morgan fingerprint density at radius 2 is 2.32 bits per heavy atom. The molecule has 0 radical (unpaired) electrons. The average Bonchev–Trinajstić information content (AvgIpc) is 2.39. The second kappa shape index (κ2) is 6.39. The van der Waals surface area contributed by atoms with E-state index in [1.165, 1.54) is 0 Å². The summed E-state index contributed by atoms with van der Waals surface area (Å²) in [6.07, 6.45) is 0.805. The van der Waals surface area contributed by atoms with Gasteiger partial charge in [0.05, 0.1) is 0 Å². The number of amides is 1. The molecule has 0 bridgehead atoms. The number of nitrogens with zero attached hydrogens (tertiary/aromatic N) is 1. The van der Waals surface area contributed by atoms with Crippen LogP contribution in [-0.4, -0.2) is 38.1 Å². The van der Waals surface area contributed by atoms with Crippen LogP contribution in [0.2, 0.25) is 0 Å². The van der Waals surface area contributed by atoms with Crippen molar-refractivity contribution in [3.63, 3.8) is 0 Å². The van der Waals surface area contributed by atoms with Crippen LogP contribution in [0.1, 0.15) is 13.3 Å². The molecule has 0 aromatic heterocycles. The van der Waals surface area contributed by atoms with E-state index >= 15 is 0 Å². The molecule has 1 aromatic rings. The first-order chi connectivity index (χ1) is 9.13. The highest BCUT2D eigenvalue weighted by atomic mass is 79.9. The number of anilines is 1. The monoisotopic (exact) mass is 325 g/mol. The summed E-state index contributed by atoms with van der Waals surface area (Å²) in [6.45, 7) is 3.67. The number of carbonyl (C=O) groups excluding carboxylic acids is 1. The van der Waals surface area contributed by atoms with Gasteiger partial charge in [-0.1, -0.05) is 22.0 Å². The lowest BCUT2D eigenvalue weighted by molar-refractivity contribution is -0.123. The third-order valence-corrected chi connectivity index (χ3v) is 3.95. The van der Waals surface area contributed by atoms with E-state index in [1.54, 1.807) is 0 Å². The Kier molecular flexibility index (Phi) is 4.82. The highest BCUT2D eigenvalue weighted by Crippen LogP contribution is 2.26. The van der Waals surface area contributed by atoms with Crippen molar-refractivity contribution in [2.45, 2.75) is 25.4 Å². The molecule has 2 atom stereocenters. The fraction of sp³-hybridized carbons (Fsp3) is 0.500.